The number of fused-ring (bicyclic) bond motifs is 2. The first-order chi connectivity index (χ1) is 23.8. The Morgan fingerprint density at radius 3 is 2.36 bits per heavy atom. The summed E-state index contributed by atoms with van der Waals surface area (Å²) in [6.45, 7) is 16.8. The number of piperidine rings is 1. The molecular weight excluding hydrogens is 666 g/mol. The third-order valence-electron chi connectivity index (χ3n) is 10.4. The molecule has 50 heavy (non-hydrogen) atoms. The topological polar surface area (TPSA) is 83.7 Å². The van der Waals surface area contributed by atoms with Crippen LogP contribution in [0.4, 0.5) is 0 Å². The number of aliphatic carboxylic acids is 1. The van der Waals surface area contributed by atoms with Gasteiger partial charge in [-0.25, -0.2) is 9.78 Å². The molecule has 264 valence electrons. The smallest absolute Gasteiger partial charge is 0.337 e. The molecule has 8 nitrogen and oxygen atoms in total. The average molecular weight is 714 g/mol. The van der Waals surface area contributed by atoms with Crippen LogP contribution >= 0.6 is 22.9 Å². The molecule has 1 unspecified atom stereocenters. The molecule has 2 fully saturated rings. The first-order valence-electron chi connectivity index (χ1n) is 17.8. The Morgan fingerprint density at radius 1 is 1.04 bits per heavy atom. The molecule has 2 aliphatic heterocycles. The zero-order valence-corrected chi connectivity index (χ0v) is 31.7. The van der Waals surface area contributed by atoms with Crippen molar-refractivity contribution in [1.82, 2.24) is 24.6 Å². The predicted molar refractivity (Wildman–Crippen MR) is 204 cm³/mol. The van der Waals surface area contributed by atoms with E-state index in [-0.39, 0.29) is 0 Å². The molecule has 0 spiro atoms. The molecular formula is C40H48ClN5O3S. The molecule has 5 aromatic rings. The van der Waals surface area contributed by atoms with E-state index in [1.807, 2.05) is 69.8 Å². The molecule has 2 saturated heterocycles. The predicted octanol–water partition coefficient (Wildman–Crippen LogP) is 9.08. The van der Waals surface area contributed by atoms with Gasteiger partial charge in [0.2, 0.25) is 0 Å². The van der Waals surface area contributed by atoms with Crippen LogP contribution in [0.15, 0.2) is 48.5 Å². The Hall–Kier alpha value is -3.34. The van der Waals surface area contributed by atoms with E-state index >= 15 is 0 Å². The van der Waals surface area contributed by atoms with Crippen molar-refractivity contribution in [2.75, 3.05) is 26.2 Å². The lowest BCUT2D eigenvalue weighted by molar-refractivity contribution is -0.160. The van der Waals surface area contributed by atoms with Crippen LogP contribution in [0, 0.1) is 6.92 Å². The minimum Gasteiger partial charge on any atom is -0.479 e. The SMILES string of the molecule is Cc1cc2nc(-c3ccc4c(c3)c(C3CCN(CC5CCN5C(C)C)CC3)nn4C)sc2c(-c2ccc(Cl)cc2)c1[C@H](OC(C)(C)C)C(=O)O. The number of hydrogen-bond acceptors (Lipinski definition) is 7. The molecule has 2 aliphatic rings. The third-order valence-corrected chi connectivity index (χ3v) is 11.8. The van der Waals surface area contributed by atoms with Gasteiger partial charge in [-0.1, -0.05) is 23.7 Å². The van der Waals surface area contributed by atoms with Gasteiger partial charge in [-0.3, -0.25) is 9.58 Å². The molecule has 4 heterocycles. The summed E-state index contributed by atoms with van der Waals surface area (Å²) in [5, 5.41) is 18.2. The van der Waals surface area contributed by atoms with E-state index in [4.69, 9.17) is 26.4 Å². The van der Waals surface area contributed by atoms with Crippen molar-refractivity contribution < 1.29 is 14.6 Å². The lowest BCUT2D eigenvalue weighted by Crippen LogP contribution is -2.56. The van der Waals surface area contributed by atoms with E-state index < -0.39 is 17.7 Å². The Kier molecular flexibility index (Phi) is 9.58. The lowest BCUT2D eigenvalue weighted by Gasteiger charge is -2.47. The molecule has 0 amide bonds. The van der Waals surface area contributed by atoms with Crippen molar-refractivity contribution in [2.45, 2.75) is 90.5 Å². The highest BCUT2D eigenvalue weighted by Crippen LogP contribution is 2.45. The Balaban J connectivity index is 1.25. The first kappa shape index (κ1) is 35.1. The van der Waals surface area contributed by atoms with Crippen LogP contribution in [0.2, 0.25) is 5.02 Å². The number of aryl methyl sites for hydroxylation is 2. The van der Waals surface area contributed by atoms with Gasteiger partial charge in [0.25, 0.3) is 0 Å². The zero-order chi connectivity index (χ0) is 35.5. The van der Waals surface area contributed by atoms with Crippen LogP contribution < -0.4 is 0 Å². The largest absolute Gasteiger partial charge is 0.479 e. The fraction of sp³-hybridized carbons (Fsp3) is 0.475. The monoisotopic (exact) mass is 713 g/mol. The van der Waals surface area contributed by atoms with Gasteiger partial charge in [0, 0.05) is 65.2 Å². The number of rotatable bonds is 9. The van der Waals surface area contributed by atoms with Crippen molar-refractivity contribution in [1.29, 1.82) is 0 Å². The number of nitrogens with zero attached hydrogens (tertiary/aromatic N) is 5. The lowest BCUT2D eigenvalue weighted by atomic mass is 9.90. The van der Waals surface area contributed by atoms with Gasteiger partial charge < -0.3 is 14.7 Å². The van der Waals surface area contributed by atoms with Gasteiger partial charge in [-0.05, 0) is 121 Å². The fourth-order valence-corrected chi connectivity index (χ4v) is 9.16. The second kappa shape index (κ2) is 13.7. The summed E-state index contributed by atoms with van der Waals surface area (Å²) in [5.41, 5.74) is 6.67. The highest BCUT2D eigenvalue weighted by atomic mass is 35.5. The number of thiazole rings is 1. The quantitative estimate of drug-likeness (QED) is 0.163. The van der Waals surface area contributed by atoms with Crippen LogP contribution in [-0.2, 0) is 16.6 Å². The van der Waals surface area contributed by atoms with Crippen molar-refractivity contribution in [3.8, 4) is 21.7 Å². The molecule has 0 bridgehead atoms. The second-order valence-corrected chi connectivity index (χ2v) is 16.8. The van der Waals surface area contributed by atoms with Gasteiger partial charge in [-0.2, -0.15) is 5.10 Å². The van der Waals surface area contributed by atoms with E-state index in [0.29, 0.717) is 28.6 Å². The molecule has 0 radical (unpaired) electrons. The third kappa shape index (κ3) is 6.83. The maximum absolute atomic E-state index is 12.8. The van der Waals surface area contributed by atoms with Gasteiger partial charge in [0.1, 0.15) is 5.01 Å². The van der Waals surface area contributed by atoms with Crippen LogP contribution in [0.3, 0.4) is 0 Å². The number of carboxylic acid groups (broad SMARTS) is 1. The number of halogens is 1. The molecule has 3 aromatic carbocycles. The summed E-state index contributed by atoms with van der Waals surface area (Å²) in [5.74, 6) is -0.607. The maximum Gasteiger partial charge on any atom is 0.337 e. The molecule has 2 atom stereocenters. The number of aromatic nitrogens is 3. The molecule has 0 aliphatic carbocycles. The van der Waals surface area contributed by atoms with Crippen LogP contribution in [-0.4, -0.2) is 79.5 Å². The van der Waals surface area contributed by atoms with Crippen molar-refractivity contribution in [2.24, 2.45) is 7.05 Å². The molecule has 10 heteroatoms. The summed E-state index contributed by atoms with van der Waals surface area (Å²) < 4.78 is 9.15. The first-order valence-corrected chi connectivity index (χ1v) is 19.0. The number of likely N-dealkylation sites (tertiary alicyclic amines) is 2. The normalized spacial score (nSPS) is 18.7. The highest BCUT2D eigenvalue weighted by molar-refractivity contribution is 7.22. The fourth-order valence-electron chi connectivity index (χ4n) is 7.91. The summed E-state index contributed by atoms with van der Waals surface area (Å²) in [4.78, 5) is 23.2. The Morgan fingerprint density at radius 2 is 1.74 bits per heavy atom. The Bertz CT molecular complexity index is 2040. The van der Waals surface area contributed by atoms with Gasteiger partial charge in [0.15, 0.2) is 6.10 Å². The summed E-state index contributed by atoms with van der Waals surface area (Å²) in [6.07, 6.45) is 2.38. The van der Waals surface area contributed by atoms with E-state index in [2.05, 4.69) is 41.8 Å². The summed E-state index contributed by atoms with van der Waals surface area (Å²) in [7, 11) is 2.04. The second-order valence-electron chi connectivity index (χ2n) is 15.4. The maximum atomic E-state index is 12.8. The number of carboxylic acids is 1. The van der Waals surface area contributed by atoms with Gasteiger partial charge in [-0.15, -0.1) is 11.3 Å². The van der Waals surface area contributed by atoms with Crippen LogP contribution in [0.5, 0.6) is 0 Å². The van der Waals surface area contributed by atoms with E-state index in [0.717, 1.165) is 68.9 Å². The minimum absolute atomic E-state index is 0.417. The zero-order valence-electron chi connectivity index (χ0n) is 30.2. The number of hydrogen-bond donors (Lipinski definition) is 1. The number of ether oxygens (including phenoxy) is 1. The van der Waals surface area contributed by atoms with Crippen molar-refractivity contribution in [3.63, 3.8) is 0 Å². The molecule has 1 N–H and O–H groups in total. The van der Waals surface area contributed by atoms with Crippen molar-refractivity contribution in [3.05, 3.63) is 70.4 Å². The highest BCUT2D eigenvalue weighted by Gasteiger charge is 2.34. The van der Waals surface area contributed by atoms with Crippen LogP contribution in [0.1, 0.15) is 82.7 Å². The summed E-state index contributed by atoms with van der Waals surface area (Å²) in [6, 6.07) is 17.4. The number of benzene rings is 3. The van der Waals surface area contributed by atoms with Crippen LogP contribution in [0.25, 0.3) is 42.8 Å². The summed E-state index contributed by atoms with van der Waals surface area (Å²) >= 11 is 7.89. The van der Waals surface area contributed by atoms with E-state index in [1.54, 1.807) is 11.3 Å². The molecule has 7 rings (SSSR count). The molecule has 0 saturated carbocycles. The van der Waals surface area contributed by atoms with Gasteiger partial charge in [0.05, 0.1) is 27.0 Å². The van der Waals surface area contributed by atoms with Gasteiger partial charge >= 0.3 is 5.97 Å². The Labute approximate surface area is 304 Å². The van der Waals surface area contributed by atoms with E-state index in [1.165, 1.54) is 30.6 Å². The van der Waals surface area contributed by atoms with Crippen molar-refractivity contribution >= 4 is 50.0 Å². The minimum atomic E-state index is -1.15. The average Bonchev–Trinajstić information content (AvgIpc) is 3.62. The number of carbonyl (C=O) groups is 1. The van der Waals surface area contributed by atoms with E-state index in [9.17, 15) is 9.90 Å². The standard InChI is InChI=1S/C40H48ClN5O3S/c1-23(2)46-19-16-29(46)22-45-17-14-26(15-18-45)35-30-21-27(10-13-32(30)44(7)43-35)38-42-31-20-24(3)33(36(39(47)48)49-40(4,5)6)34(37(31)50-38)25-8-11-28(41)12-9-25/h8-13,20-21,23,26,29,36H,14-19,22H2,1-7H3,(H,47,48)/t29?,36-/m0/s1. The molecule has 2 aromatic heterocycles.